The Bertz CT molecular complexity index is 424. The molecule has 0 spiro atoms. The van der Waals surface area contributed by atoms with Crippen LogP contribution < -0.4 is 11.1 Å². The van der Waals surface area contributed by atoms with Crippen molar-refractivity contribution >= 4 is 17.2 Å². The first kappa shape index (κ1) is 15.4. The lowest BCUT2D eigenvalue weighted by molar-refractivity contribution is -0.132. The van der Waals surface area contributed by atoms with Crippen LogP contribution in [0.4, 0.5) is 0 Å². The molecule has 1 saturated carbocycles. The molecule has 0 aromatic carbocycles. The molecule has 0 radical (unpaired) electrons. The van der Waals surface area contributed by atoms with Crippen LogP contribution >= 0.6 is 11.3 Å². The number of nitrogens with zero attached hydrogens (tertiary/aromatic N) is 1. The van der Waals surface area contributed by atoms with E-state index in [9.17, 15) is 4.79 Å². The second-order valence-electron chi connectivity index (χ2n) is 6.15. The van der Waals surface area contributed by atoms with E-state index in [0.717, 1.165) is 36.6 Å². The average Bonchev–Trinajstić information content (AvgIpc) is 3.00. The molecule has 0 aliphatic heterocycles. The van der Waals surface area contributed by atoms with Crippen molar-refractivity contribution in [3.63, 3.8) is 0 Å². The predicted molar refractivity (Wildman–Crippen MR) is 82.7 cm³/mol. The Morgan fingerprint density at radius 2 is 2.30 bits per heavy atom. The lowest BCUT2D eigenvalue weighted by atomic mass is 9.70. The highest BCUT2D eigenvalue weighted by Gasteiger charge is 2.39. The van der Waals surface area contributed by atoms with Gasteiger partial charge in [-0.15, -0.1) is 11.3 Å². The topological polar surface area (TPSA) is 68.0 Å². The van der Waals surface area contributed by atoms with Gasteiger partial charge < -0.3 is 11.1 Å². The number of hydrogen-bond acceptors (Lipinski definition) is 4. The summed E-state index contributed by atoms with van der Waals surface area (Å²) in [5.74, 6) is 1.11. The molecule has 20 heavy (non-hydrogen) atoms. The molecule has 4 nitrogen and oxygen atoms in total. The summed E-state index contributed by atoms with van der Waals surface area (Å²) in [7, 11) is 0. The molecule has 5 heteroatoms. The third-order valence-corrected chi connectivity index (χ3v) is 5.55. The van der Waals surface area contributed by atoms with Crippen molar-refractivity contribution in [2.45, 2.75) is 45.4 Å². The van der Waals surface area contributed by atoms with Gasteiger partial charge in [-0.05, 0) is 31.6 Å². The summed E-state index contributed by atoms with van der Waals surface area (Å²) in [6.07, 6.45) is 5.85. The van der Waals surface area contributed by atoms with Crippen LogP contribution in [-0.4, -0.2) is 24.0 Å². The van der Waals surface area contributed by atoms with Gasteiger partial charge in [-0.25, -0.2) is 4.98 Å². The highest BCUT2D eigenvalue weighted by Crippen LogP contribution is 2.38. The number of aromatic nitrogens is 1. The van der Waals surface area contributed by atoms with Crippen LogP contribution in [0.1, 0.15) is 50.5 Å². The Kier molecular flexibility index (Phi) is 5.16. The molecule has 1 fully saturated rings. The van der Waals surface area contributed by atoms with Crippen LogP contribution in [0.5, 0.6) is 0 Å². The standard InChI is InChI=1S/C15H25N3OS/c1-11-3-5-15(10-16,6-4-11)14(19)18-9-12(2)13-17-7-8-20-13/h7-8,11-12H,3-6,9-10,16H2,1-2H3,(H,18,19). The fourth-order valence-electron chi connectivity index (χ4n) is 2.84. The summed E-state index contributed by atoms with van der Waals surface area (Å²) in [5.41, 5.74) is 5.58. The molecule has 3 N–H and O–H groups in total. The van der Waals surface area contributed by atoms with Crippen LogP contribution in [0, 0.1) is 11.3 Å². The molecule has 0 saturated heterocycles. The first-order valence-electron chi connectivity index (χ1n) is 7.45. The third-order valence-electron chi connectivity index (χ3n) is 4.55. The van der Waals surface area contributed by atoms with Crippen molar-refractivity contribution in [2.75, 3.05) is 13.1 Å². The summed E-state index contributed by atoms with van der Waals surface area (Å²) in [5, 5.41) is 6.14. The molecule has 1 heterocycles. The molecule has 1 aromatic rings. The molecular formula is C15H25N3OS. The van der Waals surface area contributed by atoms with E-state index in [1.54, 1.807) is 11.3 Å². The Balaban J connectivity index is 1.90. The minimum absolute atomic E-state index is 0.135. The lowest BCUT2D eigenvalue weighted by Gasteiger charge is -2.37. The molecule has 1 amide bonds. The summed E-state index contributed by atoms with van der Waals surface area (Å²) in [4.78, 5) is 16.8. The number of carbonyl (C=O) groups excluding carboxylic acids is 1. The van der Waals surface area contributed by atoms with E-state index in [-0.39, 0.29) is 17.2 Å². The van der Waals surface area contributed by atoms with Gasteiger partial charge >= 0.3 is 0 Å². The fourth-order valence-corrected chi connectivity index (χ4v) is 3.54. The largest absolute Gasteiger partial charge is 0.355 e. The molecule has 1 atom stereocenters. The molecule has 1 aliphatic carbocycles. The molecule has 1 aliphatic rings. The maximum Gasteiger partial charge on any atom is 0.227 e. The van der Waals surface area contributed by atoms with Crippen LogP contribution in [-0.2, 0) is 4.79 Å². The molecular weight excluding hydrogens is 270 g/mol. The monoisotopic (exact) mass is 295 g/mol. The van der Waals surface area contributed by atoms with Crippen LogP contribution in [0.25, 0.3) is 0 Å². The second kappa shape index (κ2) is 6.68. The zero-order chi connectivity index (χ0) is 14.6. The van der Waals surface area contributed by atoms with Gasteiger partial charge in [-0.1, -0.05) is 13.8 Å². The molecule has 2 rings (SSSR count). The van der Waals surface area contributed by atoms with Gasteiger partial charge in [0.1, 0.15) is 0 Å². The van der Waals surface area contributed by atoms with Crippen molar-refractivity contribution < 1.29 is 4.79 Å². The first-order chi connectivity index (χ1) is 9.57. The smallest absolute Gasteiger partial charge is 0.227 e. The Labute approximate surface area is 125 Å². The van der Waals surface area contributed by atoms with Gasteiger partial charge in [0, 0.05) is 30.6 Å². The maximum absolute atomic E-state index is 12.5. The zero-order valence-electron chi connectivity index (χ0n) is 12.4. The number of nitrogens with two attached hydrogens (primary N) is 1. The number of rotatable bonds is 5. The Morgan fingerprint density at radius 1 is 1.60 bits per heavy atom. The number of carbonyl (C=O) groups is 1. The summed E-state index contributed by atoms with van der Waals surface area (Å²) >= 11 is 1.64. The summed E-state index contributed by atoms with van der Waals surface area (Å²) in [6.45, 7) is 5.45. The van der Waals surface area contributed by atoms with E-state index in [2.05, 4.69) is 24.1 Å². The molecule has 1 unspecified atom stereocenters. The van der Waals surface area contributed by atoms with E-state index in [4.69, 9.17) is 5.73 Å². The van der Waals surface area contributed by atoms with E-state index < -0.39 is 0 Å². The quantitative estimate of drug-likeness (QED) is 0.877. The van der Waals surface area contributed by atoms with E-state index in [1.807, 2.05) is 11.6 Å². The number of thiazole rings is 1. The first-order valence-corrected chi connectivity index (χ1v) is 8.33. The predicted octanol–water partition coefficient (Wildman–Crippen LogP) is 2.52. The van der Waals surface area contributed by atoms with Crippen molar-refractivity contribution in [1.82, 2.24) is 10.3 Å². The fraction of sp³-hybridized carbons (Fsp3) is 0.733. The highest BCUT2D eigenvalue weighted by atomic mass is 32.1. The Morgan fingerprint density at radius 3 is 2.85 bits per heavy atom. The normalized spacial score (nSPS) is 28.1. The van der Waals surface area contributed by atoms with Gasteiger partial charge in [0.25, 0.3) is 0 Å². The minimum atomic E-state index is -0.338. The minimum Gasteiger partial charge on any atom is -0.355 e. The Hall–Kier alpha value is -0.940. The van der Waals surface area contributed by atoms with Crippen LogP contribution in [0.3, 0.4) is 0 Å². The van der Waals surface area contributed by atoms with Crippen LogP contribution in [0.2, 0.25) is 0 Å². The molecule has 0 bridgehead atoms. The van der Waals surface area contributed by atoms with E-state index >= 15 is 0 Å². The summed E-state index contributed by atoms with van der Waals surface area (Å²) < 4.78 is 0. The van der Waals surface area contributed by atoms with E-state index in [1.165, 1.54) is 0 Å². The second-order valence-corrected chi connectivity index (χ2v) is 7.07. The molecule has 112 valence electrons. The number of amides is 1. The van der Waals surface area contributed by atoms with Gasteiger partial charge in [0.05, 0.1) is 10.4 Å². The van der Waals surface area contributed by atoms with Gasteiger partial charge in [-0.2, -0.15) is 0 Å². The van der Waals surface area contributed by atoms with Crippen molar-refractivity contribution in [1.29, 1.82) is 0 Å². The summed E-state index contributed by atoms with van der Waals surface area (Å²) in [6, 6.07) is 0. The van der Waals surface area contributed by atoms with Crippen molar-refractivity contribution in [3.05, 3.63) is 16.6 Å². The average molecular weight is 295 g/mol. The van der Waals surface area contributed by atoms with Gasteiger partial charge in [-0.3, -0.25) is 4.79 Å². The lowest BCUT2D eigenvalue weighted by Crippen LogP contribution is -2.48. The van der Waals surface area contributed by atoms with E-state index in [0.29, 0.717) is 13.1 Å². The zero-order valence-corrected chi connectivity index (χ0v) is 13.2. The molecule has 1 aromatic heterocycles. The third kappa shape index (κ3) is 3.38. The van der Waals surface area contributed by atoms with Gasteiger partial charge in [0.15, 0.2) is 0 Å². The number of nitrogens with one attached hydrogen (secondary N) is 1. The van der Waals surface area contributed by atoms with Crippen LogP contribution in [0.15, 0.2) is 11.6 Å². The SMILES string of the molecule is CC1CCC(CN)(C(=O)NCC(C)c2nccs2)CC1. The number of hydrogen-bond donors (Lipinski definition) is 2. The van der Waals surface area contributed by atoms with Crippen molar-refractivity contribution in [2.24, 2.45) is 17.1 Å². The van der Waals surface area contributed by atoms with Gasteiger partial charge in [0.2, 0.25) is 5.91 Å². The van der Waals surface area contributed by atoms with Crippen molar-refractivity contribution in [3.8, 4) is 0 Å². The highest BCUT2D eigenvalue weighted by molar-refractivity contribution is 7.09. The maximum atomic E-state index is 12.5.